The molecule has 0 spiro atoms. The van der Waals surface area contributed by atoms with E-state index in [-0.39, 0.29) is 0 Å². The zero-order chi connectivity index (χ0) is 17.7. The van der Waals surface area contributed by atoms with Gasteiger partial charge in [-0.2, -0.15) is 0 Å². The third kappa shape index (κ3) is 5.49. The van der Waals surface area contributed by atoms with Crippen LogP contribution >= 0.6 is 46.8 Å². The van der Waals surface area contributed by atoms with E-state index in [4.69, 9.17) is 34.8 Å². The number of urea groups is 1. The van der Waals surface area contributed by atoms with Crippen molar-refractivity contribution in [1.29, 1.82) is 0 Å². The summed E-state index contributed by atoms with van der Waals surface area (Å²) < 4.78 is 2.35. The maximum atomic E-state index is 12.0. The molecule has 0 saturated carbocycles. The number of amides is 3. The second-order valence-corrected chi connectivity index (χ2v) is 6.67. The Kier molecular flexibility index (Phi) is 6.62. The molecule has 3 N–H and O–H groups in total. The van der Waals surface area contributed by atoms with Crippen molar-refractivity contribution in [2.75, 3.05) is 10.6 Å². The summed E-state index contributed by atoms with van der Waals surface area (Å²) >= 11 is 18.2. The maximum absolute atomic E-state index is 12.0. The van der Waals surface area contributed by atoms with Crippen LogP contribution in [0.5, 0.6) is 0 Å². The monoisotopic (exact) mass is 403 g/mol. The van der Waals surface area contributed by atoms with E-state index < -0.39 is 11.4 Å². The summed E-state index contributed by atoms with van der Waals surface area (Å²) in [6.07, 6.45) is 0. The number of rotatable bonds is 4. The lowest BCUT2D eigenvalue weighted by molar-refractivity contribution is 0.262. The van der Waals surface area contributed by atoms with Crippen molar-refractivity contribution in [2.24, 2.45) is 0 Å². The Hall–Kier alpha value is -1.60. The van der Waals surface area contributed by atoms with Crippen LogP contribution in [0.4, 0.5) is 21.0 Å². The highest BCUT2D eigenvalue weighted by Gasteiger charge is 2.08. The van der Waals surface area contributed by atoms with Gasteiger partial charge in [-0.25, -0.2) is 4.79 Å². The Morgan fingerprint density at radius 2 is 1.58 bits per heavy atom. The van der Waals surface area contributed by atoms with Gasteiger partial charge in [-0.1, -0.05) is 29.3 Å². The molecule has 2 aromatic carbocycles. The molecule has 0 aliphatic heterocycles. The topological polar surface area (TPSA) is 70.2 Å². The zero-order valence-corrected chi connectivity index (χ0v) is 15.4. The van der Waals surface area contributed by atoms with Gasteiger partial charge in [0, 0.05) is 21.3 Å². The van der Waals surface area contributed by atoms with Crippen LogP contribution in [0.3, 0.4) is 0 Å². The second-order valence-electron chi connectivity index (χ2n) is 4.67. The molecule has 5 nitrogen and oxygen atoms in total. The fourth-order valence-electron chi connectivity index (χ4n) is 1.72. The Morgan fingerprint density at radius 3 is 2.21 bits per heavy atom. The van der Waals surface area contributed by atoms with Gasteiger partial charge in [-0.3, -0.25) is 9.52 Å². The number of halogens is 3. The molecule has 0 heterocycles. The van der Waals surface area contributed by atoms with Gasteiger partial charge in [-0.15, -0.1) is 0 Å². The highest BCUT2D eigenvalue weighted by atomic mass is 35.5. The fourth-order valence-corrected chi connectivity index (χ4v) is 2.79. The van der Waals surface area contributed by atoms with Gasteiger partial charge in [0.25, 0.3) is 0 Å². The van der Waals surface area contributed by atoms with E-state index in [1.54, 1.807) is 30.3 Å². The third-order valence-electron chi connectivity index (χ3n) is 2.86. The summed E-state index contributed by atoms with van der Waals surface area (Å²) in [6.45, 7) is 1.87. The SMILES string of the molecule is Cc1ccc(NC(=O)Nc2ccc(Cl)c(SNC(=O)Cl)c2)cc1Cl. The molecule has 9 heteroatoms. The number of aryl methyl sites for hydroxylation is 1. The molecule has 126 valence electrons. The summed E-state index contributed by atoms with van der Waals surface area (Å²) in [5.74, 6) is 0. The van der Waals surface area contributed by atoms with Crippen LogP contribution in [-0.4, -0.2) is 11.4 Å². The van der Waals surface area contributed by atoms with Gasteiger partial charge in [-0.05, 0) is 66.4 Å². The number of carbonyl (C=O) groups excluding carboxylic acids is 2. The van der Waals surface area contributed by atoms with Crippen LogP contribution in [0.1, 0.15) is 5.56 Å². The van der Waals surface area contributed by atoms with Crippen LogP contribution in [0.15, 0.2) is 41.3 Å². The number of hydrogen-bond donors (Lipinski definition) is 3. The van der Waals surface area contributed by atoms with Crippen molar-refractivity contribution in [3.8, 4) is 0 Å². The quantitative estimate of drug-likeness (QED) is 0.337. The first-order valence-corrected chi connectivity index (χ1v) is 8.56. The summed E-state index contributed by atoms with van der Waals surface area (Å²) in [4.78, 5) is 23.3. The molecule has 0 atom stereocenters. The molecule has 0 radical (unpaired) electrons. The Labute approximate surface area is 158 Å². The first-order valence-electron chi connectivity index (χ1n) is 6.61. The molecule has 0 fully saturated rings. The summed E-state index contributed by atoms with van der Waals surface area (Å²) in [5, 5.41) is 5.61. The second kappa shape index (κ2) is 8.48. The van der Waals surface area contributed by atoms with Crippen molar-refractivity contribution >= 4 is 69.5 Å². The Morgan fingerprint density at radius 1 is 0.958 bits per heavy atom. The van der Waals surface area contributed by atoms with Crippen LogP contribution < -0.4 is 15.4 Å². The van der Waals surface area contributed by atoms with Crippen molar-refractivity contribution in [2.45, 2.75) is 11.8 Å². The number of carbonyl (C=O) groups is 2. The smallest absolute Gasteiger partial charge is 0.308 e. The zero-order valence-electron chi connectivity index (χ0n) is 12.3. The van der Waals surface area contributed by atoms with E-state index in [1.807, 2.05) is 13.0 Å². The maximum Gasteiger partial charge on any atom is 0.323 e. The van der Waals surface area contributed by atoms with Crippen LogP contribution in [0.2, 0.25) is 10.0 Å². The van der Waals surface area contributed by atoms with E-state index >= 15 is 0 Å². The molecule has 2 aromatic rings. The number of hydrogen-bond acceptors (Lipinski definition) is 3. The van der Waals surface area contributed by atoms with E-state index in [0.717, 1.165) is 17.5 Å². The van der Waals surface area contributed by atoms with Crippen molar-refractivity contribution < 1.29 is 9.59 Å². The highest BCUT2D eigenvalue weighted by Crippen LogP contribution is 2.28. The average Bonchev–Trinajstić information content (AvgIpc) is 2.51. The van der Waals surface area contributed by atoms with Gasteiger partial charge in [0.2, 0.25) is 0 Å². The summed E-state index contributed by atoms with van der Waals surface area (Å²) in [7, 11) is 0. The molecular formula is C15H12Cl3N3O2S. The van der Waals surface area contributed by atoms with E-state index in [9.17, 15) is 9.59 Å². The summed E-state index contributed by atoms with van der Waals surface area (Å²) in [5.41, 5.74) is 1.99. The Balaban J connectivity index is 2.04. The van der Waals surface area contributed by atoms with Gasteiger partial charge in [0.1, 0.15) is 0 Å². The lowest BCUT2D eigenvalue weighted by atomic mass is 10.2. The average molecular weight is 405 g/mol. The van der Waals surface area contributed by atoms with E-state index in [1.165, 1.54) is 0 Å². The number of nitrogens with one attached hydrogen (secondary N) is 3. The molecule has 0 aliphatic rings. The molecule has 0 bridgehead atoms. The van der Waals surface area contributed by atoms with E-state index in [2.05, 4.69) is 15.4 Å². The van der Waals surface area contributed by atoms with Crippen molar-refractivity contribution in [3.05, 3.63) is 52.0 Å². The molecular weight excluding hydrogens is 393 g/mol. The normalized spacial score (nSPS) is 10.2. The van der Waals surface area contributed by atoms with Crippen LogP contribution in [0.25, 0.3) is 0 Å². The van der Waals surface area contributed by atoms with Gasteiger partial charge >= 0.3 is 11.4 Å². The van der Waals surface area contributed by atoms with Gasteiger partial charge < -0.3 is 10.6 Å². The molecule has 0 unspecified atom stereocenters. The standard InChI is InChI=1S/C15H12Cl3N3O2S/c1-8-2-3-9(6-12(8)17)19-15(23)20-10-4-5-11(16)13(7-10)24-21-14(18)22/h2-7H,1H3,(H,21,22)(H2,19,20,23). The molecule has 0 saturated heterocycles. The lowest BCUT2D eigenvalue weighted by Gasteiger charge is -2.10. The number of benzene rings is 2. The van der Waals surface area contributed by atoms with Gasteiger partial charge in [0.05, 0.1) is 5.02 Å². The highest BCUT2D eigenvalue weighted by molar-refractivity contribution is 7.98. The summed E-state index contributed by atoms with van der Waals surface area (Å²) in [6, 6.07) is 9.63. The predicted octanol–water partition coefficient (Wildman–Crippen LogP) is 5.90. The van der Waals surface area contributed by atoms with Crippen LogP contribution in [-0.2, 0) is 0 Å². The largest absolute Gasteiger partial charge is 0.323 e. The molecule has 3 amide bonds. The van der Waals surface area contributed by atoms with Crippen molar-refractivity contribution in [3.63, 3.8) is 0 Å². The lowest BCUT2D eigenvalue weighted by Crippen LogP contribution is -2.19. The Bertz CT molecular complexity index is 787. The van der Waals surface area contributed by atoms with E-state index in [0.29, 0.717) is 26.3 Å². The molecule has 2 rings (SSSR count). The van der Waals surface area contributed by atoms with Crippen molar-refractivity contribution in [1.82, 2.24) is 4.72 Å². The minimum absolute atomic E-state index is 0.418. The first kappa shape index (κ1) is 18.7. The minimum atomic E-state index is -0.719. The third-order valence-corrected chi connectivity index (χ3v) is 4.76. The van der Waals surface area contributed by atoms with Gasteiger partial charge in [0.15, 0.2) is 0 Å². The minimum Gasteiger partial charge on any atom is -0.308 e. The fraction of sp³-hybridized carbons (Fsp3) is 0.0667. The number of anilines is 2. The van der Waals surface area contributed by atoms with Crippen LogP contribution in [0, 0.1) is 6.92 Å². The first-order chi connectivity index (χ1) is 11.3. The molecule has 24 heavy (non-hydrogen) atoms. The molecule has 0 aromatic heterocycles. The molecule has 0 aliphatic carbocycles. The predicted molar refractivity (Wildman–Crippen MR) is 101 cm³/mol.